The molecule has 5 nitrogen and oxygen atoms in total. The molecule has 4 rings (SSSR count). The van der Waals surface area contributed by atoms with Gasteiger partial charge in [0.2, 0.25) is 5.91 Å². The predicted molar refractivity (Wildman–Crippen MR) is 130 cm³/mol. The molecule has 2 aromatic heterocycles. The van der Waals surface area contributed by atoms with E-state index in [1.807, 2.05) is 19.9 Å². The quantitative estimate of drug-likeness (QED) is 0.476. The molecule has 2 aromatic rings. The minimum atomic E-state index is -4.49. The zero-order chi connectivity index (χ0) is 25.6. The Bertz CT molecular complexity index is 1060. The summed E-state index contributed by atoms with van der Waals surface area (Å²) >= 11 is 0. The maximum absolute atomic E-state index is 13.7. The minimum Gasteiger partial charge on any atom is -0.313 e. The molecule has 0 radical (unpaired) electrons. The minimum absolute atomic E-state index is 0.0226. The zero-order valence-corrected chi connectivity index (χ0v) is 20.3. The van der Waals surface area contributed by atoms with Crippen LogP contribution in [0.25, 0.3) is 16.8 Å². The molecule has 1 aliphatic heterocycles. The van der Waals surface area contributed by atoms with Crippen LogP contribution in [0.15, 0.2) is 30.5 Å². The standard InChI is InChI=1S/C24H27F3N4O.C2H5F/c1-14(2)21-18(8-11-29-22(21)31-23(32)16-4-3-5-16)20-13-17(24(25,26)27)12-19(30-20)15-6-9-28-10-7-15;1-2-3/h6,8,11-14,16,28H,3-5,7,9-10H2,1-2H3,(H,29,31,32);2H2,1H3. The number of alkyl halides is 4. The number of carbonyl (C=O) groups excluding carboxylic acids is 1. The average molecular weight is 493 g/mol. The highest BCUT2D eigenvalue weighted by atomic mass is 19.4. The summed E-state index contributed by atoms with van der Waals surface area (Å²) in [4.78, 5) is 21.5. The summed E-state index contributed by atoms with van der Waals surface area (Å²) in [5.74, 6) is 0.218. The third kappa shape index (κ3) is 6.66. The molecule has 3 heterocycles. The van der Waals surface area contributed by atoms with Gasteiger partial charge in [-0.2, -0.15) is 13.2 Å². The number of hydrogen-bond donors (Lipinski definition) is 2. The van der Waals surface area contributed by atoms with E-state index in [4.69, 9.17) is 0 Å². The van der Waals surface area contributed by atoms with E-state index in [0.29, 0.717) is 42.1 Å². The van der Waals surface area contributed by atoms with Gasteiger partial charge in [-0.15, -0.1) is 0 Å². The summed E-state index contributed by atoms with van der Waals surface area (Å²) in [6.07, 6.45) is 2.26. The van der Waals surface area contributed by atoms with Crippen LogP contribution in [0.4, 0.5) is 23.4 Å². The van der Waals surface area contributed by atoms with Gasteiger partial charge >= 0.3 is 6.18 Å². The van der Waals surface area contributed by atoms with Crippen molar-refractivity contribution in [1.29, 1.82) is 0 Å². The monoisotopic (exact) mass is 492 g/mol. The van der Waals surface area contributed by atoms with Crippen LogP contribution >= 0.6 is 0 Å². The number of nitrogens with zero attached hydrogens (tertiary/aromatic N) is 2. The van der Waals surface area contributed by atoms with E-state index in [9.17, 15) is 22.4 Å². The molecule has 2 aliphatic rings. The predicted octanol–water partition coefficient (Wildman–Crippen LogP) is 6.38. The summed E-state index contributed by atoms with van der Waals surface area (Å²) in [5.41, 5.74) is 1.89. The second kappa shape index (κ2) is 11.7. The number of anilines is 1. The lowest BCUT2D eigenvalue weighted by atomic mass is 9.84. The highest BCUT2D eigenvalue weighted by Gasteiger charge is 2.33. The van der Waals surface area contributed by atoms with Gasteiger partial charge in [0, 0.05) is 29.8 Å². The number of nitrogens with one attached hydrogen (secondary N) is 2. The van der Waals surface area contributed by atoms with Gasteiger partial charge in [0.25, 0.3) is 0 Å². The van der Waals surface area contributed by atoms with Crippen molar-refractivity contribution in [2.45, 2.75) is 58.5 Å². The van der Waals surface area contributed by atoms with E-state index in [0.717, 1.165) is 37.0 Å². The van der Waals surface area contributed by atoms with Gasteiger partial charge in [0.1, 0.15) is 5.82 Å². The number of pyridine rings is 2. The molecule has 0 aromatic carbocycles. The van der Waals surface area contributed by atoms with Gasteiger partial charge in [0.15, 0.2) is 0 Å². The molecular weight excluding hydrogens is 460 g/mol. The van der Waals surface area contributed by atoms with Crippen molar-refractivity contribution in [3.63, 3.8) is 0 Å². The second-order valence-electron chi connectivity index (χ2n) is 8.97. The Morgan fingerprint density at radius 1 is 1.23 bits per heavy atom. The zero-order valence-electron chi connectivity index (χ0n) is 20.3. The lowest BCUT2D eigenvalue weighted by Gasteiger charge is -2.25. The van der Waals surface area contributed by atoms with Gasteiger partial charge in [-0.05, 0) is 62.4 Å². The number of carbonyl (C=O) groups is 1. The number of amides is 1. The number of halogens is 4. The van der Waals surface area contributed by atoms with Crippen LogP contribution in [0.3, 0.4) is 0 Å². The first-order valence-electron chi connectivity index (χ1n) is 12.0. The molecule has 0 saturated heterocycles. The topological polar surface area (TPSA) is 66.9 Å². The number of aromatic nitrogens is 2. The smallest absolute Gasteiger partial charge is 0.313 e. The fourth-order valence-electron chi connectivity index (χ4n) is 4.12. The van der Waals surface area contributed by atoms with Crippen LogP contribution in [-0.2, 0) is 11.0 Å². The highest BCUT2D eigenvalue weighted by molar-refractivity contribution is 5.94. The van der Waals surface area contributed by atoms with Crippen LogP contribution in [0.1, 0.15) is 69.2 Å². The van der Waals surface area contributed by atoms with E-state index in [1.165, 1.54) is 13.1 Å². The van der Waals surface area contributed by atoms with Crippen LogP contribution in [-0.4, -0.2) is 35.6 Å². The Balaban J connectivity index is 0.00000108. The summed E-state index contributed by atoms with van der Waals surface area (Å²) in [6.45, 7) is 6.38. The largest absolute Gasteiger partial charge is 0.416 e. The van der Waals surface area contributed by atoms with E-state index < -0.39 is 11.7 Å². The van der Waals surface area contributed by atoms with Crippen molar-refractivity contribution in [3.8, 4) is 11.3 Å². The third-order valence-corrected chi connectivity index (χ3v) is 6.11. The van der Waals surface area contributed by atoms with Crippen LogP contribution in [0.2, 0.25) is 0 Å². The van der Waals surface area contributed by atoms with E-state index in [2.05, 4.69) is 20.6 Å². The Labute approximate surface area is 203 Å². The summed E-state index contributed by atoms with van der Waals surface area (Å²) in [6, 6.07) is 3.89. The lowest BCUT2D eigenvalue weighted by molar-refractivity contribution is -0.137. The molecule has 0 bridgehead atoms. The molecular formula is C26H32F4N4O. The Hall–Kier alpha value is -2.81. The molecule has 0 spiro atoms. The van der Waals surface area contributed by atoms with Crippen molar-refractivity contribution >= 4 is 17.3 Å². The molecule has 0 unspecified atom stereocenters. The molecule has 1 fully saturated rings. The third-order valence-electron chi connectivity index (χ3n) is 6.11. The molecule has 190 valence electrons. The maximum Gasteiger partial charge on any atom is 0.416 e. The Morgan fingerprint density at radius 3 is 2.46 bits per heavy atom. The SMILES string of the molecule is CC(C)c1c(-c2cc(C(F)(F)F)cc(C3=CCNCC3)n2)ccnc1NC(=O)C1CCC1.CCF. The van der Waals surface area contributed by atoms with Gasteiger partial charge < -0.3 is 10.6 Å². The maximum atomic E-state index is 13.7. The van der Waals surface area contributed by atoms with E-state index >= 15 is 0 Å². The van der Waals surface area contributed by atoms with E-state index in [1.54, 1.807) is 6.07 Å². The summed E-state index contributed by atoms with van der Waals surface area (Å²) in [5, 5.41) is 6.08. The molecule has 1 aliphatic carbocycles. The van der Waals surface area contributed by atoms with Gasteiger partial charge in [0.05, 0.1) is 23.6 Å². The first kappa shape index (κ1) is 26.8. The molecule has 0 atom stereocenters. The molecule has 9 heteroatoms. The van der Waals surface area contributed by atoms with Crippen molar-refractivity contribution in [1.82, 2.24) is 15.3 Å². The Morgan fingerprint density at radius 2 is 1.91 bits per heavy atom. The van der Waals surface area contributed by atoms with Crippen molar-refractivity contribution < 1.29 is 22.4 Å². The number of hydrogen-bond acceptors (Lipinski definition) is 4. The summed E-state index contributed by atoms with van der Waals surface area (Å²) < 4.78 is 51.5. The first-order chi connectivity index (χ1) is 16.7. The Kier molecular flexibility index (Phi) is 8.99. The molecule has 1 amide bonds. The normalized spacial score (nSPS) is 16.2. The summed E-state index contributed by atoms with van der Waals surface area (Å²) in [7, 11) is 0. The van der Waals surface area contributed by atoms with E-state index in [-0.39, 0.29) is 30.1 Å². The van der Waals surface area contributed by atoms with Crippen LogP contribution < -0.4 is 10.6 Å². The number of rotatable bonds is 5. The first-order valence-corrected chi connectivity index (χ1v) is 12.0. The fourth-order valence-corrected chi connectivity index (χ4v) is 4.12. The van der Waals surface area contributed by atoms with Crippen molar-refractivity contribution in [2.75, 3.05) is 25.1 Å². The molecule has 35 heavy (non-hydrogen) atoms. The molecule has 1 saturated carbocycles. The van der Waals surface area contributed by atoms with Crippen molar-refractivity contribution in [2.24, 2.45) is 5.92 Å². The van der Waals surface area contributed by atoms with Gasteiger partial charge in [-0.25, -0.2) is 9.97 Å². The van der Waals surface area contributed by atoms with Crippen LogP contribution in [0.5, 0.6) is 0 Å². The fraction of sp³-hybridized carbons (Fsp3) is 0.500. The van der Waals surface area contributed by atoms with Gasteiger partial charge in [-0.1, -0.05) is 26.3 Å². The van der Waals surface area contributed by atoms with Gasteiger partial charge in [-0.3, -0.25) is 9.18 Å². The average Bonchev–Trinajstić information content (AvgIpc) is 2.78. The van der Waals surface area contributed by atoms with Crippen LogP contribution in [0, 0.1) is 5.92 Å². The van der Waals surface area contributed by atoms with Crippen molar-refractivity contribution in [3.05, 3.63) is 47.3 Å². The second-order valence-corrected chi connectivity index (χ2v) is 8.97. The molecule has 2 N–H and O–H groups in total. The lowest BCUT2D eigenvalue weighted by Crippen LogP contribution is -2.29. The highest BCUT2D eigenvalue weighted by Crippen LogP contribution is 2.38.